The van der Waals surface area contributed by atoms with E-state index in [2.05, 4.69) is 0 Å². The van der Waals surface area contributed by atoms with Gasteiger partial charge in [-0.05, 0) is 81.3 Å². The number of rotatable bonds is 7. The standard InChI is InChI=1S/C36H62N2O10.V/c1-15-20(4)38-28-22(6)26(39)19(3)18-35(10,44-14)30(47-31-27(40)24(37(12)13)17-21(5)45-31)23(7)29(41)34(8,9)32(42)46-25(16-2)36(28,11)48-33(38)43;/h19-25,27-28,30-31,40H,15-18H2,1-14H3;/t19-,20?,21?,22?,23+,24?,25-,27?,28?,30?,31?,35-,36-;/m1./s1. The fourth-order valence-electron chi connectivity index (χ4n) is 8.24. The monoisotopic (exact) mass is 733 g/mol. The summed E-state index contributed by atoms with van der Waals surface area (Å²) in [7, 11) is 5.24. The molecule has 0 bridgehead atoms. The summed E-state index contributed by atoms with van der Waals surface area (Å²) in [6.45, 7) is 19.4. The average Bonchev–Trinajstić information content (AvgIpc) is 3.30. The van der Waals surface area contributed by atoms with Crippen LogP contribution < -0.4 is 0 Å². The number of carbonyl (C=O) groups excluding carboxylic acids is 4. The molecule has 0 aromatic heterocycles. The summed E-state index contributed by atoms with van der Waals surface area (Å²) in [5.74, 6) is -3.65. The van der Waals surface area contributed by atoms with Gasteiger partial charge in [0.15, 0.2) is 17.7 Å². The smallest absolute Gasteiger partial charge is 0.411 e. The maximum Gasteiger partial charge on any atom is 0.411 e. The van der Waals surface area contributed by atoms with Crippen LogP contribution >= 0.6 is 0 Å². The Labute approximate surface area is 305 Å². The number of cyclic esters (lactones) is 1. The van der Waals surface area contributed by atoms with Crippen LogP contribution in [0.25, 0.3) is 0 Å². The van der Waals surface area contributed by atoms with Crippen molar-refractivity contribution in [2.24, 2.45) is 23.2 Å². The van der Waals surface area contributed by atoms with E-state index in [0.717, 1.165) is 0 Å². The second-order valence-electron chi connectivity index (χ2n) is 15.7. The molecule has 0 spiro atoms. The number of hydrogen-bond acceptors (Lipinski definition) is 11. The van der Waals surface area contributed by atoms with Crippen LogP contribution in [0.5, 0.6) is 0 Å². The number of carbonyl (C=O) groups is 4. The molecular formula is C36H62N2O10V. The molecule has 3 rings (SSSR count). The summed E-state index contributed by atoms with van der Waals surface area (Å²) in [5, 5.41) is 11.4. The van der Waals surface area contributed by atoms with Crippen LogP contribution in [-0.4, -0.2) is 120 Å². The first-order chi connectivity index (χ1) is 22.1. The van der Waals surface area contributed by atoms with Crippen LogP contribution in [0.3, 0.4) is 0 Å². The quantitative estimate of drug-likeness (QED) is 0.295. The van der Waals surface area contributed by atoms with Crippen LogP contribution in [-0.2, 0) is 56.6 Å². The zero-order valence-electron chi connectivity index (χ0n) is 32.1. The van der Waals surface area contributed by atoms with Crippen molar-refractivity contribution in [3.05, 3.63) is 0 Å². The number of aliphatic hydroxyl groups is 1. The molecule has 1 N–H and O–H groups in total. The molecular weight excluding hydrogens is 671 g/mol. The molecule has 13 atom stereocenters. The SMILES string of the molecule is CCC(C)N1C(=O)O[C@@]2(C)C1C(C)C(=O)[C@H](C)C[C@@](C)(OC)C(OC1OC(C)CC(N(C)C)C1O)[C@@H](C)C(=O)C(C)(C)C(=O)O[C@@H]2CC.[V]. The Morgan fingerprint density at radius 2 is 1.61 bits per heavy atom. The fraction of sp³-hybridized carbons (Fsp3) is 0.889. The second-order valence-corrected chi connectivity index (χ2v) is 15.7. The number of amides is 1. The Balaban J connectivity index is 0.00000833. The van der Waals surface area contributed by atoms with E-state index in [9.17, 15) is 24.3 Å². The first-order valence-electron chi connectivity index (χ1n) is 17.6. The number of esters is 1. The Morgan fingerprint density at radius 3 is 2.12 bits per heavy atom. The van der Waals surface area contributed by atoms with E-state index in [1.807, 2.05) is 53.6 Å². The largest absolute Gasteiger partial charge is 0.457 e. The van der Waals surface area contributed by atoms with Gasteiger partial charge in [0.2, 0.25) is 0 Å². The summed E-state index contributed by atoms with van der Waals surface area (Å²) < 4.78 is 31.1. The maximum absolute atomic E-state index is 14.4. The number of likely N-dealkylation sites (N-methyl/N-ethyl adjacent to an activating group) is 1. The van der Waals surface area contributed by atoms with Crippen molar-refractivity contribution >= 4 is 23.6 Å². The van der Waals surface area contributed by atoms with E-state index in [-0.39, 0.29) is 55.4 Å². The van der Waals surface area contributed by atoms with E-state index in [1.165, 1.54) is 21.0 Å². The predicted octanol–water partition coefficient (Wildman–Crippen LogP) is 4.38. The van der Waals surface area contributed by atoms with Crippen LogP contribution in [0.15, 0.2) is 0 Å². The molecule has 0 saturated carbocycles. The Kier molecular flexibility index (Phi) is 14.6. The molecule has 1 amide bonds. The third-order valence-electron chi connectivity index (χ3n) is 11.5. The van der Waals surface area contributed by atoms with Crippen molar-refractivity contribution in [3.63, 3.8) is 0 Å². The molecule has 0 aliphatic carbocycles. The van der Waals surface area contributed by atoms with Gasteiger partial charge in [-0.1, -0.05) is 34.6 Å². The van der Waals surface area contributed by atoms with Gasteiger partial charge in [0.1, 0.15) is 23.4 Å². The average molecular weight is 734 g/mol. The molecule has 0 aromatic carbocycles. The number of methoxy groups -OCH3 is 1. The summed E-state index contributed by atoms with van der Waals surface area (Å²) in [5.41, 5.74) is -4.26. The third-order valence-corrected chi connectivity index (χ3v) is 11.5. The van der Waals surface area contributed by atoms with Crippen LogP contribution in [0.2, 0.25) is 0 Å². The van der Waals surface area contributed by atoms with Gasteiger partial charge in [-0.25, -0.2) is 4.79 Å². The number of aliphatic hydroxyl groups excluding tert-OH is 1. The number of ketones is 2. The van der Waals surface area contributed by atoms with Gasteiger partial charge in [0.05, 0.1) is 23.9 Å². The van der Waals surface area contributed by atoms with E-state index >= 15 is 0 Å². The van der Waals surface area contributed by atoms with Gasteiger partial charge >= 0.3 is 12.1 Å². The molecule has 281 valence electrons. The van der Waals surface area contributed by atoms with Crippen molar-refractivity contribution in [3.8, 4) is 0 Å². The number of hydrogen-bond donors (Lipinski definition) is 1. The van der Waals surface area contributed by atoms with E-state index in [0.29, 0.717) is 12.8 Å². The first-order valence-corrected chi connectivity index (χ1v) is 17.6. The van der Waals surface area contributed by atoms with E-state index in [4.69, 9.17) is 23.7 Å². The molecule has 49 heavy (non-hydrogen) atoms. The zero-order chi connectivity index (χ0) is 36.7. The summed E-state index contributed by atoms with van der Waals surface area (Å²) in [4.78, 5) is 60.0. The topological polar surface area (TPSA) is 141 Å². The Morgan fingerprint density at radius 1 is 1.02 bits per heavy atom. The normalized spacial score (nSPS) is 41.3. The van der Waals surface area contributed by atoms with Gasteiger partial charge in [-0.15, -0.1) is 0 Å². The second kappa shape index (κ2) is 16.4. The summed E-state index contributed by atoms with van der Waals surface area (Å²) in [6.07, 6.45) is -3.31. The van der Waals surface area contributed by atoms with E-state index < -0.39 is 82.9 Å². The zero-order valence-corrected chi connectivity index (χ0v) is 33.5. The van der Waals surface area contributed by atoms with Gasteiger partial charge in [0, 0.05) is 55.5 Å². The molecule has 3 aliphatic heterocycles. The number of nitrogens with zero attached hydrogens (tertiary/aromatic N) is 2. The number of ether oxygens (including phenoxy) is 5. The van der Waals surface area contributed by atoms with Crippen LogP contribution in [0, 0.1) is 23.2 Å². The van der Waals surface area contributed by atoms with Crippen molar-refractivity contribution < 1.29 is 66.5 Å². The molecule has 12 nitrogen and oxygen atoms in total. The van der Waals surface area contributed by atoms with Crippen molar-refractivity contribution in [1.82, 2.24) is 9.80 Å². The minimum atomic E-state index is -1.64. The molecule has 8 unspecified atom stereocenters. The van der Waals surface area contributed by atoms with Gasteiger partial charge < -0.3 is 33.7 Å². The Hall–Kier alpha value is -1.54. The van der Waals surface area contributed by atoms with Crippen LogP contribution in [0.4, 0.5) is 4.79 Å². The minimum Gasteiger partial charge on any atom is -0.457 e. The number of Topliss-reactive ketones (excluding diaryl/α,β-unsaturated/α-hetero) is 2. The fourth-order valence-corrected chi connectivity index (χ4v) is 8.24. The predicted molar refractivity (Wildman–Crippen MR) is 179 cm³/mol. The number of fused-ring (bicyclic) bond motifs is 1. The van der Waals surface area contributed by atoms with E-state index in [1.54, 1.807) is 32.6 Å². The molecule has 3 aliphatic rings. The Bertz CT molecular complexity index is 1200. The van der Waals surface area contributed by atoms with Crippen molar-refractivity contribution in [2.45, 2.75) is 162 Å². The summed E-state index contributed by atoms with van der Waals surface area (Å²) in [6, 6.07) is -1.27. The molecule has 3 saturated heterocycles. The van der Waals surface area contributed by atoms with Gasteiger partial charge in [-0.2, -0.15) is 0 Å². The molecule has 1 radical (unpaired) electrons. The molecule has 3 heterocycles. The summed E-state index contributed by atoms with van der Waals surface area (Å²) >= 11 is 0. The maximum atomic E-state index is 14.4. The van der Waals surface area contributed by atoms with Crippen molar-refractivity contribution in [1.29, 1.82) is 0 Å². The minimum absolute atomic E-state index is 0. The van der Waals surface area contributed by atoms with Crippen LogP contribution in [0.1, 0.15) is 102 Å². The molecule has 0 aromatic rings. The van der Waals surface area contributed by atoms with Gasteiger partial charge in [0.25, 0.3) is 0 Å². The third kappa shape index (κ3) is 8.26. The van der Waals surface area contributed by atoms with Crippen molar-refractivity contribution in [2.75, 3.05) is 21.2 Å². The van der Waals surface area contributed by atoms with Gasteiger partial charge in [-0.3, -0.25) is 19.3 Å². The molecule has 13 heteroatoms. The molecule has 3 fully saturated rings. The first kappa shape index (κ1) is 43.6.